The fourth-order valence-electron chi connectivity index (χ4n) is 2.21. The van der Waals surface area contributed by atoms with E-state index in [9.17, 15) is 0 Å². The zero-order valence-corrected chi connectivity index (χ0v) is 14.4. The zero-order valence-electron chi connectivity index (χ0n) is 12.9. The van der Waals surface area contributed by atoms with Crippen LogP contribution in [-0.4, -0.2) is 28.9 Å². The maximum atomic E-state index is 5.98. The van der Waals surface area contributed by atoms with Crippen LogP contribution in [0.5, 0.6) is 0 Å². The van der Waals surface area contributed by atoms with Gasteiger partial charge in [-0.2, -0.15) is 4.98 Å². The molecule has 3 rings (SSSR count). The third-order valence-corrected chi connectivity index (χ3v) is 3.91. The first-order valence-corrected chi connectivity index (χ1v) is 7.91. The molecule has 0 atom stereocenters. The summed E-state index contributed by atoms with van der Waals surface area (Å²) in [6.45, 7) is 0.621. The summed E-state index contributed by atoms with van der Waals surface area (Å²) in [6.07, 6.45) is 0. The predicted molar refractivity (Wildman–Crippen MR) is 95.3 cm³/mol. The van der Waals surface area contributed by atoms with E-state index in [1.807, 2.05) is 72.2 Å². The number of rotatable bonds is 4. The van der Waals surface area contributed by atoms with Gasteiger partial charge in [-0.25, -0.2) is 4.68 Å². The molecule has 4 nitrogen and oxygen atoms in total. The molecule has 3 aromatic rings. The Morgan fingerprint density at radius 2 is 1.48 bits per heavy atom. The SMILES string of the molecule is CN(C)c1nc(-c2ccc(Cl)cc2)n(Cc2ccc(Cl)cc2)n1. The van der Waals surface area contributed by atoms with Gasteiger partial charge in [0, 0.05) is 29.7 Å². The van der Waals surface area contributed by atoms with Crippen LogP contribution < -0.4 is 4.90 Å². The second kappa shape index (κ2) is 6.60. The fourth-order valence-corrected chi connectivity index (χ4v) is 2.46. The van der Waals surface area contributed by atoms with Crippen molar-refractivity contribution >= 4 is 29.2 Å². The van der Waals surface area contributed by atoms with Gasteiger partial charge < -0.3 is 4.90 Å². The minimum Gasteiger partial charge on any atom is -0.346 e. The number of hydrogen-bond donors (Lipinski definition) is 0. The molecule has 0 saturated carbocycles. The van der Waals surface area contributed by atoms with Crippen LogP contribution in [0.1, 0.15) is 5.56 Å². The monoisotopic (exact) mass is 346 g/mol. The average molecular weight is 347 g/mol. The van der Waals surface area contributed by atoms with E-state index >= 15 is 0 Å². The number of anilines is 1. The molecule has 0 aliphatic rings. The van der Waals surface area contributed by atoms with E-state index in [2.05, 4.69) is 10.1 Å². The number of benzene rings is 2. The summed E-state index contributed by atoms with van der Waals surface area (Å²) in [5.41, 5.74) is 2.09. The Kier molecular flexibility index (Phi) is 4.55. The largest absolute Gasteiger partial charge is 0.346 e. The van der Waals surface area contributed by atoms with E-state index in [-0.39, 0.29) is 0 Å². The van der Waals surface area contributed by atoms with E-state index in [4.69, 9.17) is 23.2 Å². The molecule has 0 amide bonds. The highest BCUT2D eigenvalue weighted by atomic mass is 35.5. The van der Waals surface area contributed by atoms with Gasteiger partial charge >= 0.3 is 0 Å². The van der Waals surface area contributed by atoms with Crippen LogP contribution in [0.3, 0.4) is 0 Å². The van der Waals surface area contributed by atoms with Crippen molar-refractivity contribution in [3.63, 3.8) is 0 Å². The van der Waals surface area contributed by atoms with Gasteiger partial charge in [0.2, 0.25) is 5.95 Å². The fraction of sp³-hybridized carbons (Fsp3) is 0.176. The van der Waals surface area contributed by atoms with Crippen molar-refractivity contribution in [2.24, 2.45) is 0 Å². The van der Waals surface area contributed by atoms with Gasteiger partial charge in [0.05, 0.1) is 6.54 Å². The Morgan fingerprint density at radius 3 is 2.04 bits per heavy atom. The lowest BCUT2D eigenvalue weighted by Crippen LogP contribution is -2.11. The minimum atomic E-state index is 0.621. The quantitative estimate of drug-likeness (QED) is 0.703. The first-order valence-electron chi connectivity index (χ1n) is 7.15. The molecular formula is C17H16Cl2N4. The van der Waals surface area contributed by atoms with Crippen molar-refractivity contribution in [3.05, 3.63) is 64.1 Å². The maximum absolute atomic E-state index is 5.98. The van der Waals surface area contributed by atoms with E-state index in [0.29, 0.717) is 17.5 Å². The highest BCUT2D eigenvalue weighted by Crippen LogP contribution is 2.23. The van der Waals surface area contributed by atoms with Crippen molar-refractivity contribution in [2.75, 3.05) is 19.0 Å². The molecule has 118 valence electrons. The number of aromatic nitrogens is 3. The van der Waals surface area contributed by atoms with Gasteiger partial charge in [0.25, 0.3) is 0 Å². The summed E-state index contributed by atoms with van der Waals surface area (Å²) in [6, 6.07) is 15.3. The predicted octanol–water partition coefficient (Wildman–Crippen LogP) is 4.37. The van der Waals surface area contributed by atoms with Gasteiger partial charge in [-0.3, -0.25) is 0 Å². The summed E-state index contributed by atoms with van der Waals surface area (Å²) < 4.78 is 1.89. The molecule has 0 saturated heterocycles. The first kappa shape index (κ1) is 15.8. The van der Waals surface area contributed by atoms with E-state index < -0.39 is 0 Å². The highest BCUT2D eigenvalue weighted by molar-refractivity contribution is 6.30. The molecule has 0 spiro atoms. The zero-order chi connectivity index (χ0) is 16.4. The van der Waals surface area contributed by atoms with Crippen LogP contribution in [0, 0.1) is 0 Å². The molecule has 0 N–H and O–H groups in total. The summed E-state index contributed by atoms with van der Waals surface area (Å²) in [5.74, 6) is 1.48. The van der Waals surface area contributed by atoms with Crippen LogP contribution in [0.15, 0.2) is 48.5 Å². The topological polar surface area (TPSA) is 34.0 Å². The summed E-state index contributed by atoms with van der Waals surface area (Å²) in [7, 11) is 3.85. The highest BCUT2D eigenvalue weighted by Gasteiger charge is 2.13. The second-order valence-corrected chi connectivity index (χ2v) is 6.29. The van der Waals surface area contributed by atoms with Crippen LogP contribution in [0.4, 0.5) is 5.95 Å². The Hall–Kier alpha value is -2.04. The van der Waals surface area contributed by atoms with Crippen LogP contribution in [-0.2, 0) is 6.54 Å². The first-order chi connectivity index (χ1) is 11.0. The molecule has 0 unspecified atom stereocenters. The molecule has 1 aromatic heterocycles. The standard InChI is InChI=1S/C17H16Cl2N4/c1-22(2)17-20-16(13-5-9-15(19)10-6-13)23(21-17)11-12-3-7-14(18)8-4-12/h3-10H,11H2,1-2H3. The molecule has 0 fully saturated rings. The van der Waals surface area contributed by atoms with Gasteiger partial charge in [-0.1, -0.05) is 35.3 Å². The summed E-state index contributed by atoms with van der Waals surface area (Å²) >= 11 is 11.9. The number of hydrogen-bond acceptors (Lipinski definition) is 3. The minimum absolute atomic E-state index is 0.621. The number of halogens is 2. The van der Waals surface area contributed by atoms with Crippen molar-refractivity contribution in [2.45, 2.75) is 6.54 Å². The average Bonchev–Trinajstić information content (AvgIpc) is 2.94. The van der Waals surface area contributed by atoms with Crippen molar-refractivity contribution < 1.29 is 0 Å². The van der Waals surface area contributed by atoms with Crippen LogP contribution >= 0.6 is 23.2 Å². The van der Waals surface area contributed by atoms with Gasteiger partial charge in [0.15, 0.2) is 5.82 Å². The van der Waals surface area contributed by atoms with Crippen LogP contribution in [0.25, 0.3) is 11.4 Å². The number of nitrogens with zero attached hydrogens (tertiary/aromatic N) is 4. The molecule has 0 radical (unpaired) electrons. The van der Waals surface area contributed by atoms with Crippen molar-refractivity contribution in [1.29, 1.82) is 0 Å². The van der Waals surface area contributed by atoms with E-state index in [1.54, 1.807) is 0 Å². The van der Waals surface area contributed by atoms with Crippen molar-refractivity contribution in [1.82, 2.24) is 14.8 Å². The molecular weight excluding hydrogens is 331 g/mol. The lowest BCUT2D eigenvalue weighted by Gasteiger charge is -2.06. The van der Waals surface area contributed by atoms with Gasteiger partial charge in [0.1, 0.15) is 0 Å². The molecule has 2 aromatic carbocycles. The Morgan fingerprint density at radius 1 is 0.913 bits per heavy atom. The molecule has 1 heterocycles. The van der Waals surface area contributed by atoms with E-state index in [1.165, 1.54) is 0 Å². The second-order valence-electron chi connectivity index (χ2n) is 5.42. The Labute approximate surface area is 145 Å². The normalized spacial score (nSPS) is 10.8. The molecule has 0 bridgehead atoms. The molecule has 6 heteroatoms. The molecule has 23 heavy (non-hydrogen) atoms. The van der Waals surface area contributed by atoms with Crippen LogP contribution in [0.2, 0.25) is 10.0 Å². The lowest BCUT2D eigenvalue weighted by molar-refractivity contribution is 0.691. The molecule has 0 aliphatic carbocycles. The smallest absolute Gasteiger partial charge is 0.244 e. The third kappa shape index (κ3) is 3.66. The summed E-state index contributed by atoms with van der Waals surface area (Å²) in [5, 5.41) is 6.01. The molecule has 0 aliphatic heterocycles. The maximum Gasteiger partial charge on any atom is 0.244 e. The third-order valence-electron chi connectivity index (χ3n) is 3.41. The summed E-state index contributed by atoms with van der Waals surface area (Å²) in [4.78, 5) is 6.52. The van der Waals surface area contributed by atoms with Gasteiger partial charge in [-0.05, 0) is 42.0 Å². The Balaban J connectivity index is 2.00. The van der Waals surface area contributed by atoms with Crippen molar-refractivity contribution in [3.8, 4) is 11.4 Å². The van der Waals surface area contributed by atoms with E-state index in [0.717, 1.165) is 22.0 Å². The lowest BCUT2D eigenvalue weighted by atomic mass is 10.2. The Bertz CT molecular complexity index is 792. The van der Waals surface area contributed by atoms with Gasteiger partial charge in [-0.15, -0.1) is 5.10 Å².